The van der Waals surface area contributed by atoms with Crippen molar-refractivity contribution in [1.82, 2.24) is 4.90 Å². The van der Waals surface area contributed by atoms with Crippen LogP contribution >= 0.6 is 0 Å². The normalized spacial score (nSPS) is 10.6. The molecule has 0 N–H and O–H groups in total. The number of carbonyl (C=O) groups is 1. The number of halogens is 2. The number of rotatable bonds is 7. The molecular formula is C17H16F2N2O4. The van der Waals surface area contributed by atoms with E-state index in [4.69, 9.17) is 0 Å². The molecule has 0 aromatic heterocycles. The van der Waals surface area contributed by atoms with E-state index in [9.17, 15) is 23.7 Å². The highest BCUT2D eigenvalue weighted by molar-refractivity contribution is 5.78. The summed E-state index contributed by atoms with van der Waals surface area (Å²) in [5.41, 5.74) is 1.40. The molecule has 0 radical (unpaired) electrons. The summed E-state index contributed by atoms with van der Waals surface area (Å²) in [6, 6.07) is 11.8. The molecule has 0 saturated heterocycles. The number of carbonyl (C=O) groups excluding carboxylic acids is 1. The minimum atomic E-state index is -2.88. The van der Waals surface area contributed by atoms with Gasteiger partial charge in [-0.1, -0.05) is 24.3 Å². The first kappa shape index (κ1) is 18.3. The Balaban J connectivity index is 1.92. The Labute approximate surface area is 142 Å². The zero-order valence-corrected chi connectivity index (χ0v) is 13.4. The van der Waals surface area contributed by atoms with E-state index >= 15 is 0 Å². The van der Waals surface area contributed by atoms with Crippen molar-refractivity contribution in [2.75, 3.05) is 7.05 Å². The fourth-order valence-electron chi connectivity index (χ4n) is 2.18. The number of hydrogen-bond acceptors (Lipinski definition) is 4. The molecule has 0 aliphatic rings. The summed E-state index contributed by atoms with van der Waals surface area (Å²) in [4.78, 5) is 23.8. The molecule has 0 spiro atoms. The molecular weight excluding hydrogens is 334 g/mol. The molecule has 2 aromatic rings. The maximum absolute atomic E-state index is 12.2. The molecule has 6 nitrogen and oxygen atoms in total. The molecule has 0 bridgehead atoms. The van der Waals surface area contributed by atoms with Crippen molar-refractivity contribution in [2.24, 2.45) is 0 Å². The largest absolute Gasteiger partial charge is 0.435 e. The molecule has 2 aromatic carbocycles. The first-order valence-corrected chi connectivity index (χ1v) is 7.36. The second-order valence-electron chi connectivity index (χ2n) is 5.37. The molecule has 25 heavy (non-hydrogen) atoms. The van der Waals surface area contributed by atoms with Gasteiger partial charge in [0.1, 0.15) is 5.75 Å². The van der Waals surface area contributed by atoms with Crippen molar-refractivity contribution in [3.05, 3.63) is 69.8 Å². The van der Waals surface area contributed by atoms with E-state index in [-0.39, 0.29) is 23.8 Å². The van der Waals surface area contributed by atoms with Gasteiger partial charge in [0.25, 0.3) is 5.69 Å². The second kappa shape index (κ2) is 8.18. The zero-order chi connectivity index (χ0) is 18.4. The lowest BCUT2D eigenvalue weighted by atomic mass is 10.1. The highest BCUT2D eigenvalue weighted by Crippen LogP contribution is 2.17. The van der Waals surface area contributed by atoms with Crippen molar-refractivity contribution in [3.8, 4) is 5.75 Å². The van der Waals surface area contributed by atoms with Gasteiger partial charge in [0.05, 0.1) is 11.3 Å². The third-order valence-corrected chi connectivity index (χ3v) is 3.50. The summed E-state index contributed by atoms with van der Waals surface area (Å²) in [6.45, 7) is -2.57. The summed E-state index contributed by atoms with van der Waals surface area (Å²) >= 11 is 0. The van der Waals surface area contributed by atoms with Crippen LogP contribution in [-0.4, -0.2) is 29.4 Å². The maximum atomic E-state index is 12.2. The lowest BCUT2D eigenvalue weighted by molar-refractivity contribution is -0.384. The average molecular weight is 350 g/mol. The highest BCUT2D eigenvalue weighted by Gasteiger charge is 2.12. The molecule has 8 heteroatoms. The molecule has 0 saturated carbocycles. The molecule has 0 unspecified atom stereocenters. The lowest BCUT2D eigenvalue weighted by Gasteiger charge is -2.17. The number of likely N-dealkylation sites (N-methyl/N-ethyl adjacent to an activating group) is 1. The molecule has 132 valence electrons. The van der Waals surface area contributed by atoms with Crippen LogP contribution in [0.25, 0.3) is 0 Å². The lowest BCUT2D eigenvalue weighted by Crippen LogP contribution is -2.27. The van der Waals surface area contributed by atoms with Gasteiger partial charge >= 0.3 is 6.61 Å². The number of amides is 1. The Bertz CT molecular complexity index is 733. The van der Waals surface area contributed by atoms with E-state index in [1.54, 1.807) is 31.3 Å². The summed E-state index contributed by atoms with van der Waals surface area (Å²) in [7, 11) is 1.62. The maximum Gasteiger partial charge on any atom is 0.387 e. The number of benzene rings is 2. The van der Waals surface area contributed by atoms with E-state index in [1.165, 1.54) is 29.2 Å². The Morgan fingerprint density at radius 1 is 1.12 bits per heavy atom. The Morgan fingerprint density at radius 2 is 1.68 bits per heavy atom. The molecule has 0 atom stereocenters. The van der Waals surface area contributed by atoms with Crippen LogP contribution in [-0.2, 0) is 17.8 Å². The fraction of sp³-hybridized carbons (Fsp3) is 0.235. The molecule has 0 heterocycles. The molecule has 2 rings (SSSR count). The smallest absolute Gasteiger partial charge is 0.387 e. The third kappa shape index (κ3) is 5.52. The van der Waals surface area contributed by atoms with E-state index in [0.717, 1.165) is 5.56 Å². The average Bonchev–Trinajstić information content (AvgIpc) is 2.56. The minimum absolute atomic E-state index is 0.0318. The van der Waals surface area contributed by atoms with Gasteiger partial charge < -0.3 is 9.64 Å². The van der Waals surface area contributed by atoms with Gasteiger partial charge in [0.2, 0.25) is 5.91 Å². The first-order chi connectivity index (χ1) is 11.8. The molecule has 1 amide bonds. The van der Waals surface area contributed by atoms with Crippen molar-refractivity contribution < 1.29 is 23.2 Å². The number of nitro benzene ring substituents is 1. The Hall–Kier alpha value is -3.03. The summed E-state index contributed by atoms with van der Waals surface area (Å²) < 4.78 is 28.5. The Morgan fingerprint density at radius 3 is 2.20 bits per heavy atom. The number of nitro groups is 1. The summed E-state index contributed by atoms with van der Waals surface area (Å²) in [5, 5.41) is 10.6. The van der Waals surface area contributed by atoms with Gasteiger partial charge in [-0.25, -0.2) is 0 Å². The van der Waals surface area contributed by atoms with Crippen LogP contribution in [0.5, 0.6) is 5.75 Å². The Kier molecular flexibility index (Phi) is 5.99. The van der Waals surface area contributed by atoms with Crippen LogP contribution in [0, 0.1) is 10.1 Å². The van der Waals surface area contributed by atoms with Gasteiger partial charge in [-0.3, -0.25) is 14.9 Å². The number of alkyl halides is 2. The second-order valence-corrected chi connectivity index (χ2v) is 5.37. The molecule has 0 aliphatic carbocycles. The predicted molar refractivity (Wildman–Crippen MR) is 86.3 cm³/mol. The third-order valence-electron chi connectivity index (χ3n) is 3.50. The van der Waals surface area contributed by atoms with Gasteiger partial charge in [-0.05, 0) is 23.3 Å². The number of nitrogens with zero attached hydrogens (tertiary/aromatic N) is 2. The number of hydrogen-bond donors (Lipinski definition) is 0. The van der Waals surface area contributed by atoms with Crippen molar-refractivity contribution in [1.29, 1.82) is 0 Å². The van der Waals surface area contributed by atoms with E-state index in [0.29, 0.717) is 12.1 Å². The van der Waals surface area contributed by atoms with Crippen LogP contribution in [0.2, 0.25) is 0 Å². The first-order valence-electron chi connectivity index (χ1n) is 7.36. The fourth-order valence-corrected chi connectivity index (χ4v) is 2.18. The van der Waals surface area contributed by atoms with Crippen LogP contribution in [0.15, 0.2) is 48.5 Å². The standard InChI is InChI=1S/C17H16F2N2O4/c1-20(11-13-4-8-15(9-5-13)25-17(18)19)16(22)10-12-2-6-14(7-3-12)21(23)24/h2-9,17H,10-11H2,1H3. The van der Waals surface area contributed by atoms with Crippen LogP contribution in [0.1, 0.15) is 11.1 Å². The van der Waals surface area contributed by atoms with Gasteiger partial charge in [0, 0.05) is 25.7 Å². The molecule has 0 aliphatic heterocycles. The van der Waals surface area contributed by atoms with Crippen LogP contribution in [0.3, 0.4) is 0 Å². The van der Waals surface area contributed by atoms with E-state index in [1.807, 2.05) is 0 Å². The van der Waals surface area contributed by atoms with Gasteiger partial charge in [-0.15, -0.1) is 0 Å². The van der Waals surface area contributed by atoms with Crippen molar-refractivity contribution >= 4 is 11.6 Å². The van der Waals surface area contributed by atoms with Crippen LogP contribution in [0.4, 0.5) is 14.5 Å². The van der Waals surface area contributed by atoms with Gasteiger partial charge in [-0.2, -0.15) is 8.78 Å². The van der Waals surface area contributed by atoms with Crippen LogP contribution < -0.4 is 4.74 Å². The topological polar surface area (TPSA) is 72.7 Å². The van der Waals surface area contributed by atoms with Crippen molar-refractivity contribution in [3.63, 3.8) is 0 Å². The summed E-state index contributed by atoms with van der Waals surface area (Å²) in [5.74, 6) is -0.111. The monoisotopic (exact) mass is 350 g/mol. The zero-order valence-electron chi connectivity index (χ0n) is 13.4. The minimum Gasteiger partial charge on any atom is -0.435 e. The number of ether oxygens (including phenoxy) is 1. The number of non-ortho nitro benzene ring substituents is 1. The quantitative estimate of drug-likeness (QED) is 0.567. The van der Waals surface area contributed by atoms with E-state index in [2.05, 4.69) is 4.74 Å². The van der Waals surface area contributed by atoms with Crippen molar-refractivity contribution in [2.45, 2.75) is 19.6 Å². The SMILES string of the molecule is CN(Cc1ccc(OC(F)F)cc1)C(=O)Cc1ccc([N+](=O)[O-])cc1. The van der Waals surface area contributed by atoms with E-state index < -0.39 is 11.5 Å². The molecule has 0 fully saturated rings. The van der Waals surface area contributed by atoms with Gasteiger partial charge in [0.15, 0.2) is 0 Å². The summed E-state index contributed by atoms with van der Waals surface area (Å²) in [6.07, 6.45) is 0.112. The predicted octanol–water partition coefficient (Wildman–Crippen LogP) is 3.40. The highest BCUT2D eigenvalue weighted by atomic mass is 19.3.